The maximum Gasteiger partial charge on any atom is 0.291 e. The first-order valence-corrected chi connectivity index (χ1v) is 9.86. The molecule has 0 saturated carbocycles. The van der Waals surface area contributed by atoms with Crippen LogP contribution in [0.3, 0.4) is 0 Å². The van der Waals surface area contributed by atoms with E-state index in [1.807, 2.05) is 18.2 Å². The van der Waals surface area contributed by atoms with Crippen molar-refractivity contribution in [1.29, 1.82) is 0 Å². The number of anilines is 2. The topological polar surface area (TPSA) is 89.8 Å². The number of hydrogen-bond donors (Lipinski definition) is 2. The van der Waals surface area contributed by atoms with E-state index in [1.165, 1.54) is 6.26 Å². The van der Waals surface area contributed by atoms with Gasteiger partial charge in [0.15, 0.2) is 12.4 Å². The molecule has 0 aliphatic heterocycles. The Bertz CT molecular complexity index is 1160. The molecule has 0 fully saturated rings. The van der Waals surface area contributed by atoms with Crippen LogP contribution >= 0.6 is 0 Å². The molecule has 0 aliphatic rings. The van der Waals surface area contributed by atoms with Crippen LogP contribution in [0.1, 0.15) is 10.6 Å². The maximum atomic E-state index is 12.0. The summed E-state index contributed by atoms with van der Waals surface area (Å²) in [4.78, 5) is 24.0. The second-order valence-electron chi connectivity index (χ2n) is 6.73. The summed E-state index contributed by atoms with van der Waals surface area (Å²) in [6, 6.07) is 26.3. The first-order chi connectivity index (χ1) is 15.7. The van der Waals surface area contributed by atoms with Crippen LogP contribution in [0.2, 0.25) is 0 Å². The van der Waals surface area contributed by atoms with Crippen molar-refractivity contribution >= 4 is 23.2 Å². The minimum absolute atomic E-state index is 0.0783. The average molecular weight is 428 g/mol. The number of carbonyl (C=O) groups excluding carboxylic acids is 2. The molecule has 7 heteroatoms. The van der Waals surface area contributed by atoms with E-state index in [0.29, 0.717) is 28.6 Å². The van der Waals surface area contributed by atoms with Gasteiger partial charge in [-0.15, -0.1) is 0 Å². The Labute approximate surface area is 184 Å². The minimum atomic E-state index is -0.324. The van der Waals surface area contributed by atoms with Crippen molar-refractivity contribution in [2.24, 2.45) is 0 Å². The third-order valence-corrected chi connectivity index (χ3v) is 4.34. The van der Waals surface area contributed by atoms with Crippen molar-refractivity contribution in [1.82, 2.24) is 0 Å². The molecule has 0 aliphatic carbocycles. The van der Waals surface area contributed by atoms with Crippen molar-refractivity contribution in [3.05, 3.63) is 103 Å². The first-order valence-electron chi connectivity index (χ1n) is 9.86. The van der Waals surface area contributed by atoms with Gasteiger partial charge in [-0.3, -0.25) is 9.59 Å². The Balaban J connectivity index is 1.26. The molecule has 4 aromatic rings. The molecular formula is C25H20N2O5. The van der Waals surface area contributed by atoms with E-state index in [9.17, 15) is 9.59 Å². The SMILES string of the molecule is O=C(COc1ccccc1)Nc1ccc(Oc2ccc(NC(=O)c3ccco3)cc2)cc1. The fourth-order valence-corrected chi connectivity index (χ4v) is 2.81. The molecule has 2 N–H and O–H groups in total. The molecule has 0 saturated heterocycles. The summed E-state index contributed by atoms with van der Waals surface area (Å²) in [6.45, 7) is -0.0783. The molecule has 1 heterocycles. The van der Waals surface area contributed by atoms with Crippen molar-refractivity contribution in [2.75, 3.05) is 17.2 Å². The van der Waals surface area contributed by atoms with E-state index in [1.54, 1.807) is 72.8 Å². The summed E-state index contributed by atoms with van der Waals surface area (Å²) in [5.74, 6) is 1.51. The minimum Gasteiger partial charge on any atom is -0.484 e. The zero-order valence-electron chi connectivity index (χ0n) is 17.0. The molecule has 0 radical (unpaired) electrons. The van der Waals surface area contributed by atoms with Gasteiger partial charge in [0, 0.05) is 11.4 Å². The summed E-state index contributed by atoms with van der Waals surface area (Å²) in [7, 11) is 0. The predicted octanol–water partition coefficient (Wildman–Crippen LogP) is 5.34. The van der Waals surface area contributed by atoms with Gasteiger partial charge in [0.05, 0.1) is 6.26 Å². The second kappa shape index (κ2) is 9.99. The number of amides is 2. The van der Waals surface area contributed by atoms with Crippen LogP contribution in [-0.2, 0) is 4.79 Å². The molecule has 7 nitrogen and oxygen atoms in total. The number of hydrogen-bond acceptors (Lipinski definition) is 5. The normalized spacial score (nSPS) is 10.2. The highest BCUT2D eigenvalue weighted by Crippen LogP contribution is 2.24. The third kappa shape index (κ3) is 5.76. The number of rotatable bonds is 8. The van der Waals surface area contributed by atoms with E-state index >= 15 is 0 Å². The molecule has 0 bridgehead atoms. The zero-order valence-corrected chi connectivity index (χ0v) is 17.0. The number of para-hydroxylation sites is 1. The summed E-state index contributed by atoms with van der Waals surface area (Å²) in [5, 5.41) is 5.52. The van der Waals surface area contributed by atoms with Gasteiger partial charge in [0.25, 0.3) is 11.8 Å². The van der Waals surface area contributed by atoms with Crippen LogP contribution in [-0.4, -0.2) is 18.4 Å². The van der Waals surface area contributed by atoms with Crippen LogP contribution in [0.5, 0.6) is 17.2 Å². The standard InChI is InChI=1S/C25H20N2O5/c28-24(17-31-20-5-2-1-3-6-20)26-18-8-12-21(13-9-18)32-22-14-10-19(11-15-22)27-25(29)23-7-4-16-30-23/h1-16H,17H2,(H,26,28)(H,27,29). The van der Waals surface area contributed by atoms with Gasteiger partial charge in [0.1, 0.15) is 17.2 Å². The van der Waals surface area contributed by atoms with Gasteiger partial charge >= 0.3 is 0 Å². The van der Waals surface area contributed by atoms with Crippen molar-refractivity contribution in [2.45, 2.75) is 0 Å². The highest BCUT2D eigenvalue weighted by molar-refractivity contribution is 6.02. The van der Waals surface area contributed by atoms with E-state index in [-0.39, 0.29) is 24.2 Å². The largest absolute Gasteiger partial charge is 0.484 e. The van der Waals surface area contributed by atoms with Gasteiger partial charge in [-0.2, -0.15) is 0 Å². The van der Waals surface area contributed by atoms with Crippen LogP contribution in [0.15, 0.2) is 102 Å². The van der Waals surface area contributed by atoms with Crippen LogP contribution in [0.4, 0.5) is 11.4 Å². The molecule has 0 unspecified atom stereocenters. The Morgan fingerprint density at radius 1 is 0.688 bits per heavy atom. The lowest BCUT2D eigenvalue weighted by Crippen LogP contribution is -2.20. The lowest BCUT2D eigenvalue weighted by molar-refractivity contribution is -0.118. The van der Waals surface area contributed by atoms with Crippen molar-refractivity contribution < 1.29 is 23.5 Å². The summed E-state index contributed by atoms with van der Waals surface area (Å²) in [5.41, 5.74) is 1.25. The number of benzene rings is 3. The van der Waals surface area contributed by atoms with Crippen LogP contribution < -0.4 is 20.1 Å². The van der Waals surface area contributed by atoms with Crippen molar-refractivity contribution in [3.8, 4) is 17.2 Å². The number of nitrogens with one attached hydrogen (secondary N) is 2. The Hall–Kier alpha value is -4.52. The summed E-state index contributed by atoms with van der Waals surface area (Å²) < 4.78 is 16.3. The van der Waals surface area contributed by atoms with Gasteiger partial charge in [-0.1, -0.05) is 18.2 Å². The highest BCUT2D eigenvalue weighted by Gasteiger charge is 2.09. The number of ether oxygens (including phenoxy) is 2. The number of carbonyl (C=O) groups is 2. The molecule has 2 amide bonds. The summed E-state index contributed by atoms with van der Waals surface area (Å²) >= 11 is 0. The molecule has 4 rings (SSSR count). The van der Waals surface area contributed by atoms with E-state index < -0.39 is 0 Å². The van der Waals surface area contributed by atoms with Crippen LogP contribution in [0, 0.1) is 0 Å². The van der Waals surface area contributed by atoms with Gasteiger partial charge < -0.3 is 24.5 Å². The quantitative estimate of drug-likeness (QED) is 0.395. The van der Waals surface area contributed by atoms with E-state index in [2.05, 4.69) is 10.6 Å². The summed E-state index contributed by atoms with van der Waals surface area (Å²) in [6.07, 6.45) is 1.45. The molecule has 0 atom stereocenters. The third-order valence-electron chi connectivity index (χ3n) is 4.34. The lowest BCUT2D eigenvalue weighted by atomic mass is 10.2. The predicted molar refractivity (Wildman–Crippen MR) is 120 cm³/mol. The number of furan rings is 1. The molecule has 1 aromatic heterocycles. The van der Waals surface area contributed by atoms with Gasteiger partial charge in [-0.05, 0) is 72.8 Å². The molecule has 3 aromatic carbocycles. The smallest absolute Gasteiger partial charge is 0.291 e. The fraction of sp³-hybridized carbons (Fsp3) is 0.0400. The average Bonchev–Trinajstić information content (AvgIpc) is 3.36. The molecule has 32 heavy (non-hydrogen) atoms. The Morgan fingerprint density at radius 2 is 1.31 bits per heavy atom. The van der Waals surface area contributed by atoms with Crippen molar-refractivity contribution in [3.63, 3.8) is 0 Å². The highest BCUT2D eigenvalue weighted by atomic mass is 16.5. The van der Waals surface area contributed by atoms with E-state index in [0.717, 1.165) is 0 Å². The maximum absolute atomic E-state index is 12.0. The first kappa shape index (κ1) is 20.7. The molecule has 160 valence electrons. The van der Waals surface area contributed by atoms with Gasteiger partial charge in [-0.25, -0.2) is 0 Å². The Kier molecular flexibility index (Phi) is 6.48. The lowest BCUT2D eigenvalue weighted by Gasteiger charge is -2.10. The van der Waals surface area contributed by atoms with E-state index in [4.69, 9.17) is 13.9 Å². The monoisotopic (exact) mass is 428 g/mol. The molecular weight excluding hydrogens is 408 g/mol. The fourth-order valence-electron chi connectivity index (χ4n) is 2.81. The molecule has 0 spiro atoms. The Morgan fingerprint density at radius 3 is 1.91 bits per heavy atom. The van der Waals surface area contributed by atoms with Crippen LogP contribution in [0.25, 0.3) is 0 Å². The zero-order chi connectivity index (χ0) is 22.2. The second-order valence-corrected chi connectivity index (χ2v) is 6.73. The van der Waals surface area contributed by atoms with Gasteiger partial charge in [0.2, 0.25) is 0 Å².